The Kier molecular flexibility index (Phi) is 4.86. The number of hydrogen-bond acceptors (Lipinski definition) is 6. The van der Waals surface area contributed by atoms with Crippen LogP contribution in [0.25, 0.3) is 0 Å². The van der Waals surface area contributed by atoms with Gasteiger partial charge in [0.2, 0.25) is 0 Å². The Morgan fingerprint density at radius 3 is 1.86 bits per heavy atom. The van der Waals surface area contributed by atoms with E-state index in [0.29, 0.717) is 37.7 Å². The molecule has 0 radical (unpaired) electrons. The molecule has 0 spiro atoms. The summed E-state index contributed by atoms with van der Waals surface area (Å²) in [5.74, 6) is 0.603. The van der Waals surface area contributed by atoms with Crippen molar-refractivity contribution in [2.75, 3.05) is 6.61 Å². The number of piperidine rings is 1. The van der Waals surface area contributed by atoms with Gasteiger partial charge in [0.25, 0.3) is 0 Å². The summed E-state index contributed by atoms with van der Waals surface area (Å²) in [6, 6.07) is 0. The molecule has 1 saturated heterocycles. The predicted molar refractivity (Wildman–Crippen MR) is 107 cm³/mol. The van der Waals surface area contributed by atoms with Crippen LogP contribution in [0.15, 0.2) is 0 Å². The Balaban J connectivity index is 1.54. The summed E-state index contributed by atoms with van der Waals surface area (Å²) >= 11 is 0. The molecule has 1 aliphatic heterocycles. The molecule has 5 fully saturated rings. The van der Waals surface area contributed by atoms with Crippen molar-refractivity contribution >= 4 is 11.9 Å². The number of rotatable bonds is 4. The van der Waals surface area contributed by atoms with Gasteiger partial charge in [-0.1, -0.05) is 0 Å². The first kappa shape index (κ1) is 21.1. The van der Waals surface area contributed by atoms with Gasteiger partial charge in [0.05, 0.1) is 17.4 Å². The molecule has 4 bridgehead atoms. The molecular formula is C23H37NO5. The highest BCUT2D eigenvalue weighted by atomic mass is 16.6. The molecule has 164 valence electrons. The van der Waals surface area contributed by atoms with Crippen LogP contribution in [0.1, 0.15) is 86.0 Å². The van der Waals surface area contributed by atoms with Crippen molar-refractivity contribution in [2.45, 2.75) is 103 Å². The third-order valence-corrected chi connectivity index (χ3v) is 8.08. The minimum absolute atomic E-state index is 0.109. The average Bonchev–Trinajstić information content (AvgIpc) is 2.58. The van der Waals surface area contributed by atoms with E-state index in [1.165, 1.54) is 5.06 Å². The van der Waals surface area contributed by atoms with E-state index in [-0.39, 0.29) is 18.0 Å². The number of ether oxygens (including phenoxy) is 2. The fourth-order valence-electron chi connectivity index (χ4n) is 7.56. The first-order valence-electron chi connectivity index (χ1n) is 11.3. The first-order valence-corrected chi connectivity index (χ1v) is 11.3. The number of nitrogens with zero attached hydrogens (tertiary/aromatic N) is 1. The molecule has 6 nitrogen and oxygen atoms in total. The molecule has 1 N–H and O–H groups in total. The zero-order chi connectivity index (χ0) is 21.2. The Morgan fingerprint density at radius 1 is 0.897 bits per heavy atom. The van der Waals surface area contributed by atoms with Gasteiger partial charge in [-0.05, 0) is 85.0 Å². The normalized spacial score (nSPS) is 40.6. The van der Waals surface area contributed by atoms with Crippen molar-refractivity contribution in [3.05, 3.63) is 0 Å². The van der Waals surface area contributed by atoms with Crippen LogP contribution < -0.4 is 0 Å². The molecule has 29 heavy (non-hydrogen) atoms. The van der Waals surface area contributed by atoms with Gasteiger partial charge in [0.15, 0.2) is 0 Å². The molecular weight excluding hydrogens is 370 g/mol. The minimum Gasteiger partial charge on any atom is -0.466 e. The lowest BCUT2D eigenvalue weighted by atomic mass is 9.44. The van der Waals surface area contributed by atoms with Crippen LogP contribution in [0, 0.1) is 22.7 Å². The molecule has 4 saturated carbocycles. The maximum atomic E-state index is 13.5. The van der Waals surface area contributed by atoms with E-state index in [2.05, 4.69) is 0 Å². The molecule has 4 aliphatic carbocycles. The number of esters is 2. The highest BCUT2D eigenvalue weighted by molar-refractivity contribution is 5.83. The molecule has 2 atom stereocenters. The van der Waals surface area contributed by atoms with E-state index < -0.39 is 21.9 Å². The quantitative estimate of drug-likeness (QED) is 0.708. The Bertz CT molecular complexity index is 667. The topological polar surface area (TPSA) is 76.1 Å². The predicted octanol–water partition coefficient (Wildman–Crippen LogP) is 4.09. The summed E-state index contributed by atoms with van der Waals surface area (Å²) in [5, 5.41) is 11.9. The van der Waals surface area contributed by atoms with Crippen LogP contribution in [-0.4, -0.2) is 46.0 Å². The number of carbonyl (C=O) groups excluding carboxylic acids is 2. The second-order valence-electron chi connectivity index (χ2n) is 11.6. The van der Waals surface area contributed by atoms with Gasteiger partial charge in [0.1, 0.15) is 6.10 Å². The number of carbonyl (C=O) groups is 2. The third kappa shape index (κ3) is 3.40. The third-order valence-electron chi connectivity index (χ3n) is 8.08. The summed E-state index contributed by atoms with van der Waals surface area (Å²) in [5.41, 5.74) is -1.95. The second kappa shape index (κ2) is 6.68. The van der Waals surface area contributed by atoms with Gasteiger partial charge in [-0.15, -0.1) is 0 Å². The largest absolute Gasteiger partial charge is 0.466 e. The van der Waals surface area contributed by atoms with Gasteiger partial charge in [-0.3, -0.25) is 9.59 Å². The molecule has 5 rings (SSSR count). The lowest BCUT2D eigenvalue weighted by Gasteiger charge is -2.59. The molecule has 6 heteroatoms. The van der Waals surface area contributed by atoms with Gasteiger partial charge in [-0.2, -0.15) is 5.06 Å². The number of hydrogen-bond donors (Lipinski definition) is 1. The maximum absolute atomic E-state index is 13.5. The highest BCUT2D eigenvalue weighted by Gasteiger charge is 2.64. The molecule has 2 unspecified atom stereocenters. The fraction of sp³-hybridized carbons (Fsp3) is 0.913. The lowest BCUT2D eigenvalue weighted by molar-refractivity contribution is -0.262. The van der Waals surface area contributed by atoms with Crippen LogP contribution in [0.5, 0.6) is 0 Å². The van der Waals surface area contributed by atoms with Crippen LogP contribution >= 0.6 is 0 Å². The van der Waals surface area contributed by atoms with E-state index in [0.717, 1.165) is 32.1 Å². The molecule has 0 aromatic heterocycles. The van der Waals surface area contributed by atoms with E-state index in [9.17, 15) is 14.8 Å². The highest BCUT2D eigenvalue weighted by Crippen LogP contribution is 2.66. The summed E-state index contributed by atoms with van der Waals surface area (Å²) in [4.78, 5) is 26.4. The van der Waals surface area contributed by atoms with Gasteiger partial charge in [0, 0.05) is 23.9 Å². The summed E-state index contributed by atoms with van der Waals surface area (Å²) in [6.45, 7) is 10.2. The minimum atomic E-state index is -0.540. The zero-order valence-electron chi connectivity index (χ0n) is 18.6. The van der Waals surface area contributed by atoms with Crippen molar-refractivity contribution in [1.29, 1.82) is 0 Å². The number of hydroxylamine groups is 2. The first-order chi connectivity index (χ1) is 13.4. The van der Waals surface area contributed by atoms with Crippen LogP contribution in [0.2, 0.25) is 0 Å². The summed E-state index contributed by atoms with van der Waals surface area (Å²) in [7, 11) is 0. The molecule has 5 aliphatic rings. The van der Waals surface area contributed by atoms with Gasteiger partial charge in [-0.25, -0.2) is 0 Å². The maximum Gasteiger partial charge on any atom is 0.312 e. The SMILES string of the molecule is CCOC(=O)C12CC3CC(C1)CC(C(=O)OC1CC(C)(C)N(O)C(C)(C)C1)(C3)C2. The van der Waals surface area contributed by atoms with E-state index in [4.69, 9.17) is 9.47 Å². The summed E-state index contributed by atoms with van der Waals surface area (Å²) in [6.07, 6.45) is 6.10. The Labute approximate surface area is 174 Å². The average molecular weight is 408 g/mol. The van der Waals surface area contributed by atoms with Gasteiger partial charge >= 0.3 is 11.9 Å². The smallest absolute Gasteiger partial charge is 0.312 e. The lowest BCUT2D eigenvalue weighted by Crippen LogP contribution is -2.62. The molecule has 1 heterocycles. The molecule has 0 aromatic carbocycles. The summed E-state index contributed by atoms with van der Waals surface area (Å²) < 4.78 is 11.6. The molecule has 0 amide bonds. The van der Waals surface area contributed by atoms with Crippen molar-refractivity contribution < 1.29 is 24.3 Å². The van der Waals surface area contributed by atoms with E-state index in [1.807, 2.05) is 34.6 Å². The zero-order valence-corrected chi connectivity index (χ0v) is 18.6. The van der Waals surface area contributed by atoms with Crippen molar-refractivity contribution in [1.82, 2.24) is 5.06 Å². The standard InChI is InChI=1S/C23H37NO5/c1-6-28-18(25)22-8-15-7-16(9-22)11-23(10-15,14-22)19(26)29-17-12-20(2,3)24(27)21(4,5)13-17/h15-17,27H,6-14H2,1-5H3. The van der Waals surface area contributed by atoms with Crippen LogP contribution in [0.4, 0.5) is 0 Å². The Hall–Kier alpha value is -1.14. The molecule has 0 aromatic rings. The van der Waals surface area contributed by atoms with Crippen molar-refractivity contribution in [3.63, 3.8) is 0 Å². The van der Waals surface area contributed by atoms with Crippen LogP contribution in [-0.2, 0) is 19.1 Å². The second-order valence-corrected chi connectivity index (χ2v) is 11.6. The van der Waals surface area contributed by atoms with Crippen molar-refractivity contribution in [2.24, 2.45) is 22.7 Å². The van der Waals surface area contributed by atoms with E-state index >= 15 is 0 Å². The Morgan fingerprint density at radius 2 is 1.38 bits per heavy atom. The monoisotopic (exact) mass is 407 g/mol. The van der Waals surface area contributed by atoms with E-state index in [1.54, 1.807) is 0 Å². The van der Waals surface area contributed by atoms with Crippen molar-refractivity contribution in [3.8, 4) is 0 Å². The van der Waals surface area contributed by atoms with Crippen LogP contribution in [0.3, 0.4) is 0 Å². The fourth-order valence-corrected chi connectivity index (χ4v) is 7.56. The van der Waals surface area contributed by atoms with Gasteiger partial charge < -0.3 is 14.7 Å².